The van der Waals surface area contributed by atoms with Crippen LogP contribution < -0.4 is 4.74 Å². The quantitative estimate of drug-likeness (QED) is 0.821. The average molecular weight is 270 g/mol. The average Bonchev–Trinajstić information content (AvgIpc) is 2.22. The van der Waals surface area contributed by atoms with Gasteiger partial charge in [0.25, 0.3) is 0 Å². The molecule has 1 saturated heterocycles. The van der Waals surface area contributed by atoms with Gasteiger partial charge >= 0.3 is 0 Å². The van der Waals surface area contributed by atoms with Crippen LogP contribution in [0.5, 0.6) is 5.75 Å². The molecule has 0 amide bonds. The Morgan fingerprint density at radius 1 is 1.39 bits per heavy atom. The van der Waals surface area contributed by atoms with Crippen LogP contribution in [0.1, 0.15) is 24.8 Å². The lowest BCUT2D eigenvalue weighted by Gasteiger charge is -2.28. The van der Waals surface area contributed by atoms with Gasteiger partial charge in [-0.3, -0.25) is 0 Å². The van der Waals surface area contributed by atoms with Gasteiger partial charge in [-0.15, -0.1) is 0 Å². The van der Waals surface area contributed by atoms with Gasteiger partial charge in [0.2, 0.25) is 0 Å². The molecule has 0 spiro atoms. The van der Waals surface area contributed by atoms with Gasteiger partial charge in [0.05, 0.1) is 24.7 Å². The fourth-order valence-electron chi connectivity index (χ4n) is 1.91. The fraction of sp³-hybridized carbons (Fsp3) is 0.538. The molecule has 1 fully saturated rings. The van der Waals surface area contributed by atoms with Gasteiger partial charge in [0.1, 0.15) is 5.75 Å². The van der Waals surface area contributed by atoms with Crippen molar-refractivity contribution in [2.45, 2.75) is 24.2 Å². The Hall–Kier alpha value is -1.07. The van der Waals surface area contributed by atoms with E-state index in [2.05, 4.69) is 0 Å². The molecule has 5 heteroatoms. The van der Waals surface area contributed by atoms with Gasteiger partial charge in [-0.05, 0) is 30.2 Å². The Kier molecular flexibility index (Phi) is 3.92. The van der Waals surface area contributed by atoms with Crippen LogP contribution in [0.3, 0.4) is 0 Å². The molecule has 0 bridgehead atoms. The van der Waals surface area contributed by atoms with Crippen molar-refractivity contribution in [2.24, 2.45) is 0 Å². The fourth-order valence-corrected chi connectivity index (χ4v) is 2.88. The number of hydrogen-bond acceptors (Lipinski definition) is 4. The van der Waals surface area contributed by atoms with Gasteiger partial charge in [-0.2, -0.15) is 0 Å². The second-order valence-corrected chi connectivity index (χ2v) is 6.54. The van der Waals surface area contributed by atoms with E-state index in [1.165, 1.54) is 6.26 Å². The molecule has 0 aromatic heterocycles. The predicted molar refractivity (Wildman–Crippen MR) is 68.9 cm³/mol. The third-order valence-corrected chi connectivity index (χ3v) is 4.10. The Morgan fingerprint density at radius 3 is 2.61 bits per heavy atom. The van der Waals surface area contributed by atoms with E-state index < -0.39 is 9.84 Å². The molecule has 0 saturated carbocycles. The van der Waals surface area contributed by atoms with Gasteiger partial charge in [-0.25, -0.2) is 8.42 Å². The van der Waals surface area contributed by atoms with Gasteiger partial charge in [0, 0.05) is 12.2 Å². The lowest BCUT2D eigenvalue weighted by atomic mass is 9.97. The number of rotatable bonds is 5. The van der Waals surface area contributed by atoms with Gasteiger partial charge in [0.15, 0.2) is 9.84 Å². The first-order valence-electron chi connectivity index (χ1n) is 6.07. The highest BCUT2D eigenvalue weighted by Crippen LogP contribution is 2.32. The molecule has 1 heterocycles. The molecule has 1 aliphatic rings. The summed E-state index contributed by atoms with van der Waals surface area (Å²) in [5, 5.41) is 0. The summed E-state index contributed by atoms with van der Waals surface area (Å²) in [4.78, 5) is 0.389. The van der Waals surface area contributed by atoms with Crippen LogP contribution in [0.15, 0.2) is 23.1 Å². The third-order valence-electron chi connectivity index (χ3n) is 2.93. The molecule has 1 aliphatic heterocycles. The van der Waals surface area contributed by atoms with Crippen LogP contribution in [-0.4, -0.2) is 34.5 Å². The normalized spacial score (nSPS) is 16.3. The second-order valence-electron chi connectivity index (χ2n) is 4.55. The minimum absolute atomic E-state index is 0.167. The molecule has 0 aliphatic carbocycles. The molecule has 2 rings (SSSR count). The van der Waals surface area contributed by atoms with E-state index in [-0.39, 0.29) is 5.92 Å². The Bertz CT molecular complexity index is 518. The van der Waals surface area contributed by atoms with E-state index in [0.717, 1.165) is 17.7 Å². The van der Waals surface area contributed by atoms with Crippen LogP contribution in [0.25, 0.3) is 0 Å². The van der Waals surface area contributed by atoms with Gasteiger partial charge < -0.3 is 9.47 Å². The maximum absolute atomic E-state index is 11.7. The zero-order valence-corrected chi connectivity index (χ0v) is 11.5. The number of benzene rings is 1. The zero-order chi connectivity index (χ0) is 13.2. The van der Waals surface area contributed by atoms with Crippen molar-refractivity contribution >= 4 is 9.84 Å². The van der Waals surface area contributed by atoms with Crippen molar-refractivity contribution in [1.82, 2.24) is 0 Å². The molecule has 0 N–H and O–H groups in total. The molecule has 0 radical (unpaired) electrons. The topological polar surface area (TPSA) is 52.6 Å². The summed E-state index contributed by atoms with van der Waals surface area (Å²) in [6.45, 7) is 3.84. The molecule has 0 atom stereocenters. The maximum Gasteiger partial charge on any atom is 0.175 e. The summed E-state index contributed by atoms with van der Waals surface area (Å²) in [7, 11) is -3.20. The predicted octanol–water partition coefficient (Wildman–Crippen LogP) is 1.99. The summed E-state index contributed by atoms with van der Waals surface area (Å²) >= 11 is 0. The highest BCUT2D eigenvalue weighted by molar-refractivity contribution is 7.90. The highest BCUT2D eigenvalue weighted by atomic mass is 32.2. The molecule has 0 unspecified atom stereocenters. The first-order valence-corrected chi connectivity index (χ1v) is 7.96. The smallest absolute Gasteiger partial charge is 0.175 e. The van der Waals surface area contributed by atoms with Gasteiger partial charge in [-0.1, -0.05) is 6.92 Å². The Labute approximate surface area is 108 Å². The standard InChI is InChI=1S/C13H18O4S/c1-3-6-17-11-4-5-13(18(2,14)15)12(7-11)10-8-16-9-10/h4-5,7,10H,3,6,8-9H2,1-2H3. The van der Waals surface area contributed by atoms with Crippen molar-refractivity contribution in [3.63, 3.8) is 0 Å². The van der Waals surface area contributed by atoms with Crippen molar-refractivity contribution in [2.75, 3.05) is 26.1 Å². The van der Waals surface area contributed by atoms with Crippen LogP contribution >= 0.6 is 0 Å². The summed E-state index contributed by atoms with van der Waals surface area (Å²) in [5.41, 5.74) is 0.817. The van der Waals surface area contributed by atoms with Crippen molar-refractivity contribution in [3.05, 3.63) is 23.8 Å². The molecular formula is C13H18O4S. The van der Waals surface area contributed by atoms with Crippen LogP contribution in [0, 0.1) is 0 Å². The monoisotopic (exact) mass is 270 g/mol. The summed E-state index contributed by atoms with van der Waals surface area (Å²) in [5.74, 6) is 0.894. The second kappa shape index (κ2) is 5.28. The lowest BCUT2D eigenvalue weighted by molar-refractivity contribution is 0.00725. The maximum atomic E-state index is 11.7. The minimum atomic E-state index is -3.20. The summed E-state index contributed by atoms with van der Waals surface area (Å²) in [6, 6.07) is 5.18. The zero-order valence-electron chi connectivity index (χ0n) is 10.7. The van der Waals surface area contributed by atoms with E-state index in [9.17, 15) is 8.42 Å². The molecule has 18 heavy (non-hydrogen) atoms. The summed E-state index contributed by atoms with van der Waals surface area (Å²) < 4.78 is 34.2. The SMILES string of the molecule is CCCOc1ccc(S(C)(=O)=O)c(C2COC2)c1. The first-order chi connectivity index (χ1) is 8.52. The molecular weight excluding hydrogens is 252 g/mol. The molecule has 1 aromatic carbocycles. The van der Waals surface area contributed by atoms with E-state index in [0.29, 0.717) is 24.7 Å². The van der Waals surface area contributed by atoms with Crippen molar-refractivity contribution in [3.8, 4) is 5.75 Å². The van der Waals surface area contributed by atoms with E-state index >= 15 is 0 Å². The Balaban J connectivity index is 2.35. The Morgan fingerprint density at radius 2 is 2.11 bits per heavy atom. The van der Waals surface area contributed by atoms with E-state index in [1.54, 1.807) is 12.1 Å². The lowest BCUT2D eigenvalue weighted by Crippen LogP contribution is -2.26. The third kappa shape index (κ3) is 2.84. The molecule has 100 valence electrons. The van der Waals surface area contributed by atoms with Crippen LogP contribution in [0.2, 0.25) is 0 Å². The summed E-state index contributed by atoms with van der Waals surface area (Å²) in [6.07, 6.45) is 2.16. The number of ether oxygens (including phenoxy) is 2. The molecule has 4 nitrogen and oxygen atoms in total. The van der Waals surface area contributed by atoms with E-state index in [4.69, 9.17) is 9.47 Å². The van der Waals surface area contributed by atoms with Crippen LogP contribution in [-0.2, 0) is 14.6 Å². The van der Waals surface area contributed by atoms with E-state index in [1.807, 2.05) is 13.0 Å². The minimum Gasteiger partial charge on any atom is -0.494 e. The number of sulfone groups is 1. The largest absolute Gasteiger partial charge is 0.494 e. The van der Waals surface area contributed by atoms with Crippen molar-refractivity contribution in [1.29, 1.82) is 0 Å². The first kappa shape index (κ1) is 13.4. The van der Waals surface area contributed by atoms with Crippen molar-refractivity contribution < 1.29 is 17.9 Å². The van der Waals surface area contributed by atoms with Crippen LogP contribution in [0.4, 0.5) is 0 Å². The number of hydrogen-bond donors (Lipinski definition) is 0. The highest BCUT2D eigenvalue weighted by Gasteiger charge is 2.27. The molecule has 1 aromatic rings.